The molecule has 5 rings (SSSR count). The second kappa shape index (κ2) is 7.36. The van der Waals surface area contributed by atoms with E-state index in [0.29, 0.717) is 42.6 Å². The van der Waals surface area contributed by atoms with Crippen molar-refractivity contribution < 1.29 is 4.79 Å². The minimum atomic E-state index is -0.0474. The zero-order chi connectivity index (χ0) is 20.8. The molecule has 154 valence electrons. The first-order chi connectivity index (χ1) is 14.5. The molecule has 4 aromatic heterocycles. The maximum Gasteiger partial charge on any atom is 0.329 e. The van der Waals surface area contributed by atoms with E-state index >= 15 is 0 Å². The first kappa shape index (κ1) is 19.0. The van der Waals surface area contributed by atoms with Crippen LogP contribution in [-0.2, 0) is 17.9 Å². The van der Waals surface area contributed by atoms with Crippen LogP contribution in [0.25, 0.3) is 22.2 Å². The molecule has 0 aliphatic heterocycles. The van der Waals surface area contributed by atoms with Crippen LogP contribution in [0.2, 0.25) is 5.15 Å². The summed E-state index contributed by atoms with van der Waals surface area (Å²) in [5, 5.41) is 0.370. The van der Waals surface area contributed by atoms with Gasteiger partial charge in [0.1, 0.15) is 16.8 Å². The molecule has 0 radical (unpaired) electrons. The highest BCUT2D eigenvalue weighted by Gasteiger charge is 2.29. The summed E-state index contributed by atoms with van der Waals surface area (Å²) in [6, 6.07) is 5.76. The highest BCUT2D eigenvalue weighted by Crippen LogP contribution is 2.36. The normalized spacial score (nSPS) is 14.1. The maximum absolute atomic E-state index is 13.2. The van der Waals surface area contributed by atoms with E-state index in [1.54, 1.807) is 30.0 Å². The summed E-state index contributed by atoms with van der Waals surface area (Å²) in [6.45, 7) is 2.51. The number of halogens is 1. The fourth-order valence-corrected chi connectivity index (χ4v) is 4.14. The molecule has 4 heterocycles. The smallest absolute Gasteiger partial charge is 0.325 e. The monoisotopic (exact) mass is 424 g/mol. The van der Waals surface area contributed by atoms with Crippen LogP contribution in [0.1, 0.15) is 44.5 Å². The minimum absolute atomic E-state index is 0.0474. The maximum atomic E-state index is 13.2. The lowest BCUT2D eigenvalue weighted by Gasteiger charge is -2.09. The molecule has 1 aliphatic carbocycles. The Morgan fingerprint density at radius 3 is 2.73 bits per heavy atom. The number of carbonyl (C=O) groups excluding carboxylic acids is 1. The highest BCUT2D eigenvalue weighted by molar-refractivity contribution is 6.29. The van der Waals surface area contributed by atoms with Gasteiger partial charge >= 0.3 is 5.69 Å². The molecule has 0 saturated heterocycles. The standard InChI is InChI=1S/C21H21ClN6O2/c1-13(29)3-2-10-26-16-6-7-18(22)24-20(16)25-19(26)12-27-17-11-23-9-8-15(17)28(21(27)30)14-4-5-14/h6-9,11,14H,2-5,10,12H2,1H3. The van der Waals surface area contributed by atoms with E-state index in [2.05, 4.69) is 15.0 Å². The lowest BCUT2D eigenvalue weighted by atomic mass is 10.2. The van der Waals surface area contributed by atoms with Crippen molar-refractivity contribution in [2.75, 3.05) is 0 Å². The molecule has 1 aliphatic rings. The van der Waals surface area contributed by atoms with E-state index < -0.39 is 0 Å². The van der Waals surface area contributed by atoms with Gasteiger partial charge in [-0.15, -0.1) is 0 Å². The fourth-order valence-electron chi connectivity index (χ4n) is 4.00. The summed E-state index contributed by atoms with van der Waals surface area (Å²) < 4.78 is 5.63. The molecule has 9 heteroatoms. The minimum Gasteiger partial charge on any atom is -0.325 e. The third kappa shape index (κ3) is 3.31. The fraction of sp³-hybridized carbons (Fsp3) is 0.381. The number of hydrogen-bond acceptors (Lipinski definition) is 5. The lowest BCUT2D eigenvalue weighted by molar-refractivity contribution is -0.117. The van der Waals surface area contributed by atoms with Crippen LogP contribution in [0.15, 0.2) is 35.4 Å². The quantitative estimate of drug-likeness (QED) is 0.424. The number of rotatable bonds is 7. The van der Waals surface area contributed by atoms with Crippen molar-refractivity contribution >= 4 is 39.6 Å². The number of carbonyl (C=O) groups is 1. The van der Waals surface area contributed by atoms with Crippen LogP contribution >= 0.6 is 11.6 Å². The molecule has 0 amide bonds. The van der Waals surface area contributed by atoms with Crippen molar-refractivity contribution in [2.45, 2.75) is 51.7 Å². The molecule has 0 spiro atoms. The highest BCUT2D eigenvalue weighted by atomic mass is 35.5. The van der Waals surface area contributed by atoms with Gasteiger partial charge in [0.2, 0.25) is 0 Å². The third-order valence-corrected chi connectivity index (χ3v) is 5.76. The number of imidazole rings is 2. The Kier molecular flexibility index (Phi) is 4.66. The SMILES string of the molecule is CC(=O)CCCn1c(Cn2c(=O)n(C3CC3)c3ccncc32)nc2nc(Cl)ccc21. The van der Waals surface area contributed by atoms with Gasteiger partial charge < -0.3 is 9.36 Å². The van der Waals surface area contributed by atoms with Crippen molar-refractivity contribution in [1.29, 1.82) is 0 Å². The Morgan fingerprint density at radius 1 is 1.13 bits per heavy atom. The average Bonchev–Trinajstić information content (AvgIpc) is 3.44. The van der Waals surface area contributed by atoms with Gasteiger partial charge in [-0.2, -0.15) is 0 Å². The van der Waals surface area contributed by atoms with Crippen LogP contribution in [0, 0.1) is 0 Å². The van der Waals surface area contributed by atoms with Gasteiger partial charge in [-0.1, -0.05) is 11.6 Å². The van der Waals surface area contributed by atoms with Gasteiger partial charge in [0.25, 0.3) is 0 Å². The van der Waals surface area contributed by atoms with Gasteiger partial charge in [0.15, 0.2) is 5.65 Å². The second-order valence-electron chi connectivity index (χ2n) is 7.80. The first-order valence-electron chi connectivity index (χ1n) is 10.1. The van der Waals surface area contributed by atoms with Crippen LogP contribution < -0.4 is 5.69 Å². The van der Waals surface area contributed by atoms with Crippen molar-refractivity contribution in [1.82, 2.24) is 28.7 Å². The number of pyridine rings is 2. The molecular weight excluding hydrogens is 404 g/mol. The van der Waals surface area contributed by atoms with E-state index in [1.165, 1.54) is 0 Å². The summed E-state index contributed by atoms with van der Waals surface area (Å²) >= 11 is 6.06. The molecule has 1 fully saturated rings. The summed E-state index contributed by atoms with van der Waals surface area (Å²) in [5.74, 6) is 0.862. The number of fused-ring (bicyclic) bond motifs is 2. The van der Waals surface area contributed by atoms with E-state index in [-0.39, 0.29) is 17.5 Å². The van der Waals surface area contributed by atoms with Gasteiger partial charge in [0, 0.05) is 25.2 Å². The summed E-state index contributed by atoms with van der Waals surface area (Å²) in [4.78, 5) is 37.9. The average molecular weight is 425 g/mol. The number of nitrogens with zero attached hydrogens (tertiary/aromatic N) is 6. The largest absolute Gasteiger partial charge is 0.329 e. The Balaban J connectivity index is 1.61. The second-order valence-corrected chi connectivity index (χ2v) is 8.18. The summed E-state index contributed by atoms with van der Waals surface area (Å²) in [7, 11) is 0. The molecule has 0 aromatic carbocycles. The van der Waals surface area contributed by atoms with Gasteiger partial charge in [-0.3, -0.25) is 14.1 Å². The lowest BCUT2D eigenvalue weighted by Crippen LogP contribution is -2.25. The Labute approximate surface area is 177 Å². The Morgan fingerprint density at radius 2 is 1.97 bits per heavy atom. The van der Waals surface area contributed by atoms with Crippen LogP contribution in [0.5, 0.6) is 0 Å². The Hall–Kier alpha value is -3.00. The molecule has 30 heavy (non-hydrogen) atoms. The van der Waals surface area contributed by atoms with Gasteiger partial charge in [-0.05, 0) is 44.4 Å². The van der Waals surface area contributed by atoms with Crippen molar-refractivity contribution in [3.8, 4) is 0 Å². The predicted molar refractivity (Wildman–Crippen MR) is 114 cm³/mol. The van der Waals surface area contributed by atoms with Crippen molar-refractivity contribution in [3.63, 3.8) is 0 Å². The van der Waals surface area contributed by atoms with E-state index in [4.69, 9.17) is 11.6 Å². The van der Waals surface area contributed by atoms with Crippen LogP contribution in [-0.4, -0.2) is 34.4 Å². The number of Topliss-reactive ketones (excluding diaryl/α,β-unsaturated/α-hetero) is 1. The molecule has 8 nitrogen and oxygen atoms in total. The first-order valence-corrected chi connectivity index (χ1v) is 10.5. The van der Waals surface area contributed by atoms with Crippen molar-refractivity contribution in [2.24, 2.45) is 0 Å². The number of ketones is 1. The predicted octanol–water partition coefficient (Wildman–Crippen LogP) is 3.35. The summed E-state index contributed by atoms with van der Waals surface area (Å²) in [6.07, 6.45) is 6.67. The van der Waals surface area contributed by atoms with E-state index in [0.717, 1.165) is 29.4 Å². The van der Waals surface area contributed by atoms with Gasteiger partial charge in [-0.25, -0.2) is 14.8 Å². The van der Waals surface area contributed by atoms with Crippen molar-refractivity contribution in [3.05, 3.63) is 52.1 Å². The summed E-state index contributed by atoms with van der Waals surface area (Å²) in [5.41, 5.74) is 3.03. The number of aromatic nitrogens is 6. The third-order valence-electron chi connectivity index (χ3n) is 5.55. The molecule has 0 N–H and O–H groups in total. The van der Waals surface area contributed by atoms with Gasteiger partial charge in [0.05, 0.1) is 29.3 Å². The number of aryl methyl sites for hydroxylation is 1. The molecule has 0 bridgehead atoms. The van der Waals surface area contributed by atoms with E-state index in [1.807, 2.05) is 21.3 Å². The topological polar surface area (TPSA) is 87.6 Å². The molecule has 1 saturated carbocycles. The molecular formula is C21H21ClN6O2. The molecule has 0 atom stereocenters. The molecule has 0 unspecified atom stereocenters. The van der Waals surface area contributed by atoms with Crippen LogP contribution in [0.3, 0.4) is 0 Å². The zero-order valence-electron chi connectivity index (χ0n) is 16.6. The zero-order valence-corrected chi connectivity index (χ0v) is 17.3. The molecule has 4 aromatic rings. The Bertz CT molecular complexity index is 1330. The number of hydrogen-bond donors (Lipinski definition) is 0. The van der Waals surface area contributed by atoms with Crippen LogP contribution in [0.4, 0.5) is 0 Å². The van der Waals surface area contributed by atoms with E-state index in [9.17, 15) is 9.59 Å².